The number of halogens is 2. The van der Waals surface area contributed by atoms with E-state index in [-0.39, 0.29) is 10.9 Å². The number of fused-ring (bicyclic) bond motifs is 1. The van der Waals surface area contributed by atoms with Crippen LogP contribution in [0.2, 0.25) is 0 Å². The monoisotopic (exact) mass is 246 g/mol. The van der Waals surface area contributed by atoms with E-state index in [2.05, 4.69) is 15.9 Å². The molecule has 62 valence electrons. The third-order valence-electron chi connectivity index (χ3n) is 1.58. The molecular formula is C8H4BrFOS. The number of thiophene rings is 1. The molecule has 2 aromatic rings. The molecule has 0 fully saturated rings. The van der Waals surface area contributed by atoms with Crippen LogP contribution in [0.5, 0.6) is 5.75 Å². The maximum Gasteiger partial charge on any atom is 0.177 e. The zero-order valence-electron chi connectivity index (χ0n) is 5.84. The normalized spacial score (nSPS) is 10.8. The Morgan fingerprint density at radius 2 is 2.17 bits per heavy atom. The fourth-order valence-electron chi connectivity index (χ4n) is 1.05. The first kappa shape index (κ1) is 8.01. The molecule has 0 atom stereocenters. The largest absolute Gasteiger partial charge is 0.506 e. The van der Waals surface area contributed by atoms with Crippen molar-refractivity contribution in [3.8, 4) is 5.75 Å². The lowest BCUT2D eigenvalue weighted by Crippen LogP contribution is -1.67. The predicted molar refractivity (Wildman–Crippen MR) is 51.1 cm³/mol. The van der Waals surface area contributed by atoms with Gasteiger partial charge in [-0.05, 0) is 18.2 Å². The average Bonchev–Trinajstić information content (AvgIpc) is 2.41. The van der Waals surface area contributed by atoms with Crippen molar-refractivity contribution in [1.29, 1.82) is 0 Å². The second-order valence-corrected chi connectivity index (χ2v) is 4.22. The maximum absolute atomic E-state index is 12.8. The van der Waals surface area contributed by atoms with E-state index >= 15 is 0 Å². The molecular weight excluding hydrogens is 243 g/mol. The molecule has 0 amide bonds. The second kappa shape index (κ2) is 2.71. The fourth-order valence-corrected chi connectivity index (χ4v) is 2.45. The van der Waals surface area contributed by atoms with Crippen molar-refractivity contribution in [2.45, 2.75) is 0 Å². The van der Waals surface area contributed by atoms with E-state index in [1.54, 1.807) is 12.1 Å². The molecule has 4 heteroatoms. The quantitative estimate of drug-likeness (QED) is 0.755. The standard InChI is InChI=1S/C8H4BrFOS/c9-5-1-2-6(11)8-4(5)3-7(10)12-8/h1-3,11H. The van der Waals surface area contributed by atoms with Crippen molar-refractivity contribution in [3.05, 3.63) is 27.8 Å². The third-order valence-corrected chi connectivity index (χ3v) is 3.22. The summed E-state index contributed by atoms with van der Waals surface area (Å²) in [5, 5.41) is 9.77. The van der Waals surface area contributed by atoms with Crippen LogP contribution in [0.4, 0.5) is 4.39 Å². The molecule has 0 aliphatic carbocycles. The molecule has 1 nitrogen and oxygen atoms in total. The second-order valence-electron chi connectivity index (χ2n) is 2.36. The zero-order valence-corrected chi connectivity index (χ0v) is 8.25. The van der Waals surface area contributed by atoms with Crippen LogP contribution in [0.25, 0.3) is 10.1 Å². The SMILES string of the molecule is Oc1ccc(Br)c2cc(F)sc12. The van der Waals surface area contributed by atoms with Crippen LogP contribution in [0, 0.1) is 5.13 Å². The Morgan fingerprint density at radius 3 is 2.83 bits per heavy atom. The molecule has 0 radical (unpaired) electrons. The predicted octanol–water partition coefficient (Wildman–Crippen LogP) is 3.51. The van der Waals surface area contributed by atoms with E-state index in [9.17, 15) is 9.50 Å². The zero-order chi connectivity index (χ0) is 8.72. The van der Waals surface area contributed by atoms with Gasteiger partial charge in [-0.3, -0.25) is 0 Å². The average molecular weight is 247 g/mol. The van der Waals surface area contributed by atoms with Crippen molar-refractivity contribution >= 4 is 37.4 Å². The van der Waals surface area contributed by atoms with E-state index in [4.69, 9.17) is 0 Å². The molecule has 0 bridgehead atoms. The number of rotatable bonds is 0. The van der Waals surface area contributed by atoms with E-state index in [0.29, 0.717) is 4.70 Å². The lowest BCUT2D eigenvalue weighted by atomic mass is 10.2. The number of hydrogen-bond acceptors (Lipinski definition) is 2. The maximum atomic E-state index is 12.8. The van der Waals surface area contributed by atoms with Crippen LogP contribution < -0.4 is 0 Å². The molecule has 0 spiro atoms. The van der Waals surface area contributed by atoms with Gasteiger partial charge in [0.15, 0.2) is 5.13 Å². The highest BCUT2D eigenvalue weighted by Gasteiger charge is 2.07. The molecule has 1 heterocycles. The van der Waals surface area contributed by atoms with Gasteiger partial charge < -0.3 is 5.11 Å². The Balaban J connectivity index is 2.93. The number of benzene rings is 1. The van der Waals surface area contributed by atoms with Gasteiger partial charge in [0.05, 0.1) is 4.70 Å². The molecule has 0 aliphatic heterocycles. The van der Waals surface area contributed by atoms with E-state index < -0.39 is 0 Å². The smallest absolute Gasteiger partial charge is 0.177 e. The number of aromatic hydroxyl groups is 1. The lowest BCUT2D eigenvalue weighted by Gasteiger charge is -1.95. The van der Waals surface area contributed by atoms with Crippen molar-refractivity contribution in [2.75, 3.05) is 0 Å². The molecule has 1 aromatic carbocycles. The van der Waals surface area contributed by atoms with Crippen LogP contribution >= 0.6 is 27.3 Å². The lowest BCUT2D eigenvalue weighted by molar-refractivity contribution is 0.482. The first-order valence-corrected chi connectivity index (χ1v) is 4.86. The summed E-state index contributed by atoms with van der Waals surface area (Å²) in [5.74, 6) is 0.127. The summed E-state index contributed by atoms with van der Waals surface area (Å²) in [7, 11) is 0. The molecule has 2 rings (SSSR count). The number of hydrogen-bond donors (Lipinski definition) is 1. The minimum Gasteiger partial charge on any atom is -0.506 e. The van der Waals surface area contributed by atoms with Crippen LogP contribution in [0.1, 0.15) is 0 Å². The van der Waals surface area contributed by atoms with Gasteiger partial charge in [0, 0.05) is 9.86 Å². The Kier molecular flexibility index (Phi) is 1.81. The van der Waals surface area contributed by atoms with Gasteiger partial charge in [-0.2, -0.15) is 4.39 Å². The number of phenolic OH excluding ortho intramolecular Hbond substituents is 1. The molecule has 12 heavy (non-hydrogen) atoms. The van der Waals surface area contributed by atoms with Crippen LogP contribution in [-0.2, 0) is 0 Å². The highest BCUT2D eigenvalue weighted by atomic mass is 79.9. The molecule has 0 unspecified atom stereocenters. The molecule has 1 aromatic heterocycles. The summed E-state index contributed by atoms with van der Waals surface area (Å²) in [6.45, 7) is 0. The third kappa shape index (κ3) is 1.11. The highest BCUT2D eigenvalue weighted by Crippen LogP contribution is 2.36. The van der Waals surface area contributed by atoms with Gasteiger partial charge >= 0.3 is 0 Å². The Bertz CT molecular complexity index is 399. The van der Waals surface area contributed by atoms with Gasteiger partial charge in [0.25, 0.3) is 0 Å². The van der Waals surface area contributed by atoms with Crippen LogP contribution in [-0.4, -0.2) is 5.11 Å². The Morgan fingerprint density at radius 1 is 1.42 bits per heavy atom. The summed E-state index contributed by atoms with van der Waals surface area (Å²) < 4.78 is 14.2. The van der Waals surface area contributed by atoms with E-state index in [0.717, 1.165) is 21.2 Å². The van der Waals surface area contributed by atoms with E-state index in [1.165, 1.54) is 6.07 Å². The van der Waals surface area contributed by atoms with Gasteiger partial charge in [-0.1, -0.05) is 15.9 Å². The molecule has 1 N–H and O–H groups in total. The van der Waals surface area contributed by atoms with Crippen molar-refractivity contribution < 1.29 is 9.50 Å². The van der Waals surface area contributed by atoms with Crippen molar-refractivity contribution in [3.63, 3.8) is 0 Å². The summed E-state index contributed by atoms with van der Waals surface area (Å²) in [4.78, 5) is 0. The minimum absolute atomic E-state index is 0.127. The van der Waals surface area contributed by atoms with Crippen molar-refractivity contribution in [2.24, 2.45) is 0 Å². The summed E-state index contributed by atoms with van der Waals surface area (Å²) in [6.07, 6.45) is 0. The molecule has 0 saturated heterocycles. The molecule has 0 aliphatic rings. The first-order chi connectivity index (χ1) is 5.68. The summed E-state index contributed by atoms with van der Waals surface area (Å²) >= 11 is 4.22. The highest BCUT2D eigenvalue weighted by molar-refractivity contribution is 9.10. The van der Waals surface area contributed by atoms with Gasteiger partial charge in [-0.25, -0.2) is 0 Å². The Labute approximate surface area is 80.6 Å². The minimum atomic E-state index is -0.285. The topological polar surface area (TPSA) is 20.2 Å². The van der Waals surface area contributed by atoms with Gasteiger partial charge in [0.1, 0.15) is 5.75 Å². The van der Waals surface area contributed by atoms with E-state index in [1.807, 2.05) is 0 Å². The first-order valence-electron chi connectivity index (χ1n) is 3.25. The summed E-state index contributed by atoms with van der Waals surface area (Å²) in [5.41, 5.74) is 0. The summed E-state index contributed by atoms with van der Waals surface area (Å²) in [6, 6.07) is 4.65. The van der Waals surface area contributed by atoms with Gasteiger partial charge in [0.2, 0.25) is 0 Å². The fraction of sp³-hybridized carbons (Fsp3) is 0. The van der Waals surface area contributed by atoms with Crippen molar-refractivity contribution in [1.82, 2.24) is 0 Å². The number of phenols is 1. The van der Waals surface area contributed by atoms with Gasteiger partial charge in [-0.15, -0.1) is 11.3 Å². The molecule has 0 saturated carbocycles. The van der Waals surface area contributed by atoms with Crippen LogP contribution in [0.3, 0.4) is 0 Å². The van der Waals surface area contributed by atoms with Crippen LogP contribution in [0.15, 0.2) is 22.7 Å². The Hall–Kier alpha value is -0.610.